The summed E-state index contributed by atoms with van der Waals surface area (Å²) in [6.45, 7) is 3.54. The summed E-state index contributed by atoms with van der Waals surface area (Å²) in [5.74, 6) is 0.224. The maximum absolute atomic E-state index is 11.6. The molecule has 4 rings (SSSR count). The van der Waals surface area contributed by atoms with Gasteiger partial charge in [-0.3, -0.25) is 20.2 Å². The van der Waals surface area contributed by atoms with E-state index in [0.29, 0.717) is 24.0 Å². The number of hydrogen-bond acceptors (Lipinski definition) is 4. The highest BCUT2D eigenvalue weighted by atomic mass is 16.6. The lowest BCUT2D eigenvalue weighted by Gasteiger charge is -2.37. The molecule has 6 nitrogen and oxygen atoms in total. The van der Waals surface area contributed by atoms with E-state index in [1.807, 2.05) is 12.1 Å². The summed E-state index contributed by atoms with van der Waals surface area (Å²) in [5.41, 5.74) is 5.43. The summed E-state index contributed by atoms with van der Waals surface area (Å²) in [6.07, 6.45) is 2.06. The SMILES string of the molecule is Cc1ccc2c(c1[N+](=O)[O-])CC1CC2Cc2c1ccc(C)c2[N+](=O)[O-]. The number of nitrogens with zero attached hydrogens (tertiary/aromatic N) is 2. The van der Waals surface area contributed by atoms with Gasteiger partial charge in [0.1, 0.15) is 0 Å². The number of nitro benzene ring substituents is 2. The molecule has 0 aliphatic heterocycles. The molecule has 0 aromatic heterocycles. The van der Waals surface area contributed by atoms with Crippen molar-refractivity contribution in [2.75, 3.05) is 0 Å². The predicted molar refractivity (Wildman–Crippen MR) is 93.2 cm³/mol. The molecule has 2 aliphatic carbocycles. The van der Waals surface area contributed by atoms with Crippen molar-refractivity contribution in [2.24, 2.45) is 0 Å². The second-order valence-corrected chi connectivity index (χ2v) is 7.15. The summed E-state index contributed by atoms with van der Waals surface area (Å²) >= 11 is 0. The molecule has 0 N–H and O–H groups in total. The van der Waals surface area contributed by atoms with Crippen LogP contribution >= 0.6 is 0 Å². The molecular weight excluding hydrogens is 320 g/mol. The fourth-order valence-corrected chi connectivity index (χ4v) is 4.72. The first-order valence-electron chi connectivity index (χ1n) is 8.42. The minimum atomic E-state index is -0.284. The second-order valence-electron chi connectivity index (χ2n) is 7.15. The number of hydrogen-bond donors (Lipinski definition) is 0. The Bertz CT molecular complexity index is 860. The van der Waals surface area contributed by atoms with Gasteiger partial charge in [0.2, 0.25) is 0 Å². The lowest BCUT2D eigenvalue weighted by Crippen LogP contribution is -2.26. The molecule has 0 spiro atoms. The van der Waals surface area contributed by atoms with Gasteiger partial charge in [-0.2, -0.15) is 0 Å². The van der Waals surface area contributed by atoms with Crippen molar-refractivity contribution in [1.29, 1.82) is 0 Å². The van der Waals surface area contributed by atoms with E-state index in [4.69, 9.17) is 0 Å². The zero-order valence-corrected chi connectivity index (χ0v) is 14.1. The minimum Gasteiger partial charge on any atom is -0.258 e. The Labute approximate surface area is 144 Å². The number of aryl methyl sites for hydroxylation is 2. The van der Waals surface area contributed by atoms with E-state index in [1.165, 1.54) is 0 Å². The summed E-state index contributed by atoms with van der Waals surface area (Å²) in [6, 6.07) is 7.56. The van der Waals surface area contributed by atoms with E-state index in [2.05, 4.69) is 0 Å². The first kappa shape index (κ1) is 15.7. The molecule has 0 heterocycles. The Morgan fingerprint density at radius 3 is 1.56 bits per heavy atom. The van der Waals surface area contributed by atoms with E-state index in [9.17, 15) is 20.2 Å². The number of fused-ring (bicyclic) bond motifs is 6. The molecule has 0 fully saturated rings. The third kappa shape index (κ3) is 2.24. The van der Waals surface area contributed by atoms with Gasteiger partial charge in [0, 0.05) is 22.3 Å². The van der Waals surface area contributed by atoms with E-state index in [0.717, 1.165) is 28.7 Å². The van der Waals surface area contributed by atoms with Crippen molar-refractivity contribution in [3.8, 4) is 0 Å². The van der Waals surface area contributed by atoms with Crippen molar-refractivity contribution in [2.45, 2.75) is 44.9 Å². The van der Waals surface area contributed by atoms with Crippen LogP contribution in [0.15, 0.2) is 24.3 Å². The molecule has 2 bridgehead atoms. The Hall–Kier alpha value is -2.76. The Morgan fingerprint density at radius 1 is 0.800 bits per heavy atom. The second kappa shape index (κ2) is 5.37. The van der Waals surface area contributed by atoms with Gasteiger partial charge in [0.15, 0.2) is 0 Å². The first-order chi connectivity index (χ1) is 11.9. The highest BCUT2D eigenvalue weighted by molar-refractivity contribution is 5.60. The summed E-state index contributed by atoms with van der Waals surface area (Å²) in [4.78, 5) is 22.6. The number of rotatable bonds is 2. The fraction of sp³-hybridized carbons (Fsp3) is 0.368. The van der Waals surface area contributed by atoms with Crippen LogP contribution < -0.4 is 0 Å². The highest BCUT2D eigenvalue weighted by Gasteiger charge is 2.40. The monoisotopic (exact) mass is 338 g/mol. The molecule has 0 amide bonds. The first-order valence-corrected chi connectivity index (χ1v) is 8.42. The average Bonchev–Trinajstić information content (AvgIpc) is 2.53. The molecule has 0 radical (unpaired) electrons. The molecule has 2 atom stereocenters. The molecule has 6 heteroatoms. The molecule has 2 aromatic rings. The van der Waals surface area contributed by atoms with Crippen LogP contribution in [0.5, 0.6) is 0 Å². The quantitative estimate of drug-likeness (QED) is 0.596. The zero-order valence-electron chi connectivity index (χ0n) is 14.1. The molecule has 25 heavy (non-hydrogen) atoms. The van der Waals surface area contributed by atoms with Crippen LogP contribution in [0.2, 0.25) is 0 Å². The number of benzene rings is 2. The topological polar surface area (TPSA) is 86.3 Å². The third-order valence-corrected chi connectivity index (χ3v) is 5.76. The van der Waals surface area contributed by atoms with Gasteiger partial charge in [-0.1, -0.05) is 24.3 Å². The van der Waals surface area contributed by atoms with E-state index >= 15 is 0 Å². The van der Waals surface area contributed by atoms with Gasteiger partial charge in [-0.25, -0.2) is 0 Å². The summed E-state index contributed by atoms with van der Waals surface area (Å²) < 4.78 is 0. The molecule has 128 valence electrons. The lowest BCUT2D eigenvalue weighted by atomic mass is 9.65. The van der Waals surface area contributed by atoms with Crippen LogP contribution in [0.25, 0.3) is 0 Å². The standard InChI is InChI=1S/C19H18N2O4/c1-10-3-5-14-13-7-12(8-16(14)18(10)20(22)23)15-6-4-11(2)19(21(24)25)17(15)9-13/h3-6,12-13H,7-9H2,1-2H3. The van der Waals surface area contributed by atoms with Gasteiger partial charge < -0.3 is 0 Å². The fourth-order valence-electron chi connectivity index (χ4n) is 4.72. The van der Waals surface area contributed by atoms with Gasteiger partial charge in [0.05, 0.1) is 9.85 Å². The smallest absolute Gasteiger partial charge is 0.258 e. The Balaban J connectivity index is 1.90. The van der Waals surface area contributed by atoms with E-state index in [-0.39, 0.29) is 33.1 Å². The normalized spacial score (nSPS) is 20.6. The summed E-state index contributed by atoms with van der Waals surface area (Å²) in [5, 5.41) is 23.1. The molecule has 2 aromatic carbocycles. The van der Waals surface area contributed by atoms with Crippen LogP contribution in [0.4, 0.5) is 11.4 Å². The Morgan fingerprint density at radius 2 is 1.20 bits per heavy atom. The van der Waals surface area contributed by atoms with Gasteiger partial charge in [0.25, 0.3) is 11.4 Å². The van der Waals surface area contributed by atoms with Crippen LogP contribution in [-0.2, 0) is 12.8 Å². The molecule has 0 saturated heterocycles. The maximum atomic E-state index is 11.6. The molecule has 0 saturated carbocycles. The van der Waals surface area contributed by atoms with Crippen molar-refractivity contribution < 1.29 is 9.85 Å². The van der Waals surface area contributed by atoms with Crippen LogP contribution in [0.1, 0.15) is 51.6 Å². The van der Waals surface area contributed by atoms with Crippen LogP contribution in [0, 0.1) is 34.1 Å². The van der Waals surface area contributed by atoms with Crippen molar-refractivity contribution in [1.82, 2.24) is 0 Å². The van der Waals surface area contributed by atoms with Gasteiger partial charge in [-0.15, -0.1) is 0 Å². The highest BCUT2D eigenvalue weighted by Crippen LogP contribution is 2.51. The molecule has 2 aliphatic rings. The van der Waals surface area contributed by atoms with Crippen LogP contribution in [0.3, 0.4) is 0 Å². The maximum Gasteiger partial charge on any atom is 0.275 e. The average molecular weight is 338 g/mol. The largest absolute Gasteiger partial charge is 0.275 e. The molecule has 2 unspecified atom stereocenters. The number of nitro groups is 2. The van der Waals surface area contributed by atoms with Crippen molar-refractivity contribution >= 4 is 11.4 Å². The minimum absolute atomic E-state index is 0.112. The van der Waals surface area contributed by atoms with Crippen molar-refractivity contribution in [3.63, 3.8) is 0 Å². The zero-order chi connectivity index (χ0) is 17.9. The molecular formula is C19H18N2O4. The lowest BCUT2D eigenvalue weighted by molar-refractivity contribution is -0.386. The summed E-state index contributed by atoms with van der Waals surface area (Å²) in [7, 11) is 0. The predicted octanol–water partition coefficient (Wildman–Crippen LogP) is 4.49. The van der Waals surface area contributed by atoms with Gasteiger partial charge >= 0.3 is 0 Å². The van der Waals surface area contributed by atoms with Crippen LogP contribution in [-0.4, -0.2) is 9.85 Å². The van der Waals surface area contributed by atoms with E-state index in [1.54, 1.807) is 26.0 Å². The third-order valence-electron chi connectivity index (χ3n) is 5.76. The Kier molecular flexibility index (Phi) is 3.39. The van der Waals surface area contributed by atoms with Crippen molar-refractivity contribution in [3.05, 3.63) is 77.9 Å². The van der Waals surface area contributed by atoms with E-state index < -0.39 is 0 Å². The van der Waals surface area contributed by atoms with Gasteiger partial charge in [-0.05, 0) is 56.1 Å².